The van der Waals surface area contributed by atoms with Crippen LogP contribution in [-0.4, -0.2) is 50.2 Å². The molecule has 29 heavy (non-hydrogen) atoms. The number of nitrogens with zero attached hydrogens (tertiary/aromatic N) is 4. The van der Waals surface area contributed by atoms with Gasteiger partial charge >= 0.3 is 0 Å². The standard InChI is InChI=1S/C22H25N5O2/c1-25-16-18(15-23-25)22(29)24-19-8-12-27(13-9-19)21(28)14-17-4-6-20(7-5-17)26-10-2-3-11-26/h2-7,10-11,15-16,19H,8-9,12-14H2,1H3,(H,24,29). The third-order valence-electron chi connectivity index (χ3n) is 5.34. The smallest absolute Gasteiger partial charge is 0.254 e. The number of hydrogen-bond acceptors (Lipinski definition) is 3. The number of aryl methyl sites for hydroxylation is 1. The number of amides is 2. The fourth-order valence-corrected chi connectivity index (χ4v) is 3.66. The van der Waals surface area contributed by atoms with Gasteiger partial charge in [-0.25, -0.2) is 0 Å². The zero-order chi connectivity index (χ0) is 20.2. The van der Waals surface area contributed by atoms with Crippen molar-refractivity contribution in [3.8, 4) is 5.69 Å². The number of aromatic nitrogens is 3. The predicted molar refractivity (Wildman–Crippen MR) is 110 cm³/mol. The molecule has 1 N–H and O–H groups in total. The van der Waals surface area contributed by atoms with Crippen molar-refractivity contribution >= 4 is 11.8 Å². The third-order valence-corrected chi connectivity index (χ3v) is 5.34. The van der Waals surface area contributed by atoms with Crippen LogP contribution in [0.3, 0.4) is 0 Å². The summed E-state index contributed by atoms with van der Waals surface area (Å²) in [4.78, 5) is 26.8. The summed E-state index contributed by atoms with van der Waals surface area (Å²) in [6.07, 6.45) is 9.20. The molecule has 3 aromatic rings. The van der Waals surface area contributed by atoms with E-state index in [9.17, 15) is 9.59 Å². The molecule has 4 rings (SSSR count). The van der Waals surface area contributed by atoms with Crippen molar-refractivity contribution in [2.75, 3.05) is 13.1 Å². The molecule has 1 fully saturated rings. The van der Waals surface area contributed by atoms with Gasteiger partial charge in [0.1, 0.15) is 0 Å². The Morgan fingerprint density at radius 3 is 2.41 bits per heavy atom. The molecule has 0 spiro atoms. The first-order valence-corrected chi connectivity index (χ1v) is 9.88. The fourth-order valence-electron chi connectivity index (χ4n) is 3.66. The molecule has 1 saturated heterocycles. The summed E-state index contributed by atoms with van der Waals surface area (Å²) in [7, 11) is 1.79. The van der Waals surface area contributed by atoms with Crippen LogP contribution in [-0.2, 0) is 18.3 Å². The summed E-state index contributed by atoms with van der Waals surface area (Å²) in [5.74, 6) is 0.0291. The largest absolute Gasteiger partial charge is 0.349 e. The molecule has 3 heterocycles. The number of piperidine rings is 1. The van der Waals surface area contributed by atoms with E-state index in [1.54, 1.807) is 24.1 Å². The lowest BCUT2D eigenvalue weighted by atomic mass is 10.0. The number of nitrogens with one attached hydrogen (secondary N) is 1. The minimum atomic E-state index is -0.106. The summed E-state index contributed by atoms with van der Waals surface area (Å²) in [5.41, 5.74) is 2.66. The van der Waals surface area contributed by atoms with Gasteiger partial charge < -0.3 is 14.8 Å². The molecule has 150 valence electrons. The van der Waals surface area contributed by atoms with E-state index < -0.39 is 0 Å². The van der Waals surface area contributed by atoms with Crippen molar-refractivity contribution < 1.29 is 9.59 Å². The van der Waals surface area contributed by atoms with Crippen LogP contribution in [0.2, 0.25) is 0 Å². The number of carbonyl (C=O) groups excluding carboxylic acids is 2. The zero-order valence-corrected chi connectivity index (χ0v) is 16.5. The molecule has 0 bridgehead atoms. The van der Waals surface area contributed by atoms with Gasteiger partial charge in [-0.15, -0.1) is 0 Å². The van der Waals surface area contributed by atoms with Gasteiger partial charge in [-0.3, -0.25) is 14.3 Å². The highest BCUT2D eigenvalue weighted by Crippen LogP contribution is 2.15. The van der Waals surface area contributed by atoms with Gasteiger partial charge in [-0.05, 0) is 42.7 Å². The lowest BCUT2D eigenvalue weighted by Gasteiger charge is -2.32. The molecule has 1 aliphatic rings. The topological polar surface area (TPSA) is 72.2 Å². The molecular weight excluding hydrogens is 366 g/mol. The van der Waals surface area contributed by atoms with Crippen LogP contribution in [0.5, 0.6) is 0 Å². The number of likely N-dealkylation sites (tertiary alicyclic amines) is 1. The van der Waals surface area contributed by atoms with Crippen LogP contribution >= 0.6 is 0 Å². The van der Waals surface area contributed by atoms with Crippen molar-refractivity contribution in [3.05, 3.63) is 72.3 Å². The van der Waals surface area contributed by atoms with Crippen LogP contribution in [0.25, 0.3) is 5.69 Å². The molecule has 2 aromatic heterocycles. The van der Waals surface area contributed by atoms with Crippen LogP contribution in [0.1, 0.15) is 28.8 Å². The van der Waals surface area contributed by atoms with E-state index in [1.807, 2.05) is 58.3 Å². The van der Waals surface area contributed by atoms with Gasteiger partial charge in [-0.1, -0.05) is 12.1 Å². The summed E-state index contributed by atoms with van der Waals surface area (Å²) >= 11 is 0. The molecule has 7 heteroatoms. The number of hydrogen-bond donors (Lipinski definition) is 1. The Bertz CT molecular complexity index is 967. The van der Waals surface area contributed by atoms with Crippen LogP contribution in [0.15, 0.2) is 61.2 Å². The summed E-state index contributed by atoms with van der Waals surface area (Å²) in [5, 5.41) is 7.07. The molecule has 0 aliphatic carbocycles. The molecule has 1 aliphatic heterocycles. The highest BCUT2D eigenvalue weighted by Gasteiger charge is 2.24. The van der Waals surface area contributed by atoms with Gasteiger partial charge in [-0.2, -0.15) is 5.10 Å². The first-order chi connectivity index (χ1) is 14.1. The fraction of sp³-hybridized carbons (Fsp3) is 0.318. The average Bonchev–Trinajstić information content (AvgIpc) is 3.41. The van der Waals surface area contributed by atoms with E-state index in [1.165, 1.54) is 0 Å². The second-order valence-electron chi connectivity index (χ2n) is 7.46. The summed E-state index contributed by atoms with van der Waals surface area (Å²) in [6, 6.07) is 12.1. The first kappa shape index (κ1) is 19.0. The molecule has 0 saturated carbocycles. The Balaban J connectivity index is 1.26. The van der Waals surface area contributed by atoms with Crippen molar-refractivity contribution in [2.24, 2.45) is 7.05 Å². The third kappa shape index (κ3) is 4.56. The molecule has 0 atom stereocenters. The predicted octanol–water partition coefficient (Wildman–Crippen LogP) is 2.17. The second-order valence-corrected chi connectivity index (χ2v) is 7.46. The quantitative estimate of drug-likeness (QED) is 0.725. The highest BCUT2D eigenvalue weighted by atomic mass is 16.2. The number of benzene rings is 1. The molecule has 1 aromatic carbocycles. The van der Waals surface area contributed by atoms with Crippen LogP contribution < -0.4 is 5.32 Å². The molecule has 2 amide bonds. The van der Waals surface area contributed by atoms with Crippen molar-refractivity contribution in [2.45, 2.75) is 25.3 Å². The van der Waals surface area contributed by atoms with Crippen molar-refractivity contribution in [1.82, 2.24) is 24.6 Å². The lowest BCUT2D eigenvalue weighted by Crippen LogP contribution is -2.46. The van der Waals surface area contributed by atoms with Gasteiger partial charge in [0.2, 0.25) is 5.91 Å². The van der Waals surface area contributed by atoms with E-state index >= 15 is 0 Å². The highest BCUT2D eigenvalue weighted by molar-refractivity contribution is 5.93. The minimum Gasteiger partial charge on any atom is -0.349 e. The van der Waals surface area contributed by atoms with E-state index in [0.717, 1.165) is 24.1 Å². The number of carbonyl (C=O) groups is 2. The van der Waals surface area contributed by atoms with Gasteiger partial charge in [0.15, 0.2) is 0 Å². The molecule has 7 nitrogen and oxygen atoms in total. The van der Waals surface area contributed by atoms with E-state index in [0.29, 0.717) is 25.1 Å². The van der Waals surface area contributed by atoms with E-state index in [-0.39, 0.29) is 17.9 Å². The maximum atomic E-state index is 12.7. The van der Waals surface area contributed by atoms with Crippen molar-refractivity contribution in [3.63, 3.8) is 0 Å². The van der Waals surface area contributed by atoms with Gasteiger partial charge in [0.05, 0.1) is 18.2 Å². The molecule has 0 radical (unpaired) electrons. The Morgan fingerprint density at radius 2 is 1.79 bits per heavy atom. The molecule has 0 unspecified atom stereocenters. The minimum absolute atomic E-state index is 0.0904. The Hall–Kier alpha value is -3.35. The Kier molecular flexibility index (Phi) is 5.46. The zero-order valence-electron chi connectivity index (χ0n) is 16.5. The number of rotatable bonds is 5. The van der Waals surface area contributed by atoms with Crippen molar-refractivity contribution in [1.29, 1.82) is 0 Å². The normalized spacial score (nSPS) is 14.7. The van der Waals surface area contributed by atoms with Gasteiger partial charge in [0, 0.05) is 50.5 Å². The van der Waals surface area contributed by atoms with Crippen LogP contribution in [0.4, 0.5) is 0 Å². The average molecular weight is 391 g/mol. The van der Waals surface area contributed by atoms with E-state index in [2.05, 4.69) is 10.4 Å². The maximum Gasteiger partial charge on any atom is 0.254 e. The molecular formula is C22H25N5O2. The lowest BCUT2D eigenvalue weighted by molar-refractivity contribution is -0.131. The Labute approximate surface area is 169 Å². The second kappa shape index (κ2) is 8.34. The first-order valence-electron chi connectivity index (χ1n) is 9.88. The maximum absolute atomic E-state index is 12.7. The van der Waals surface area contributed by atoms with E-state index in [4.69, 9.17) is 0 Å². The monoisotopic (exact) mass is 391 g/mol. The summed E-state index contributed by atoms with van der Waals surface area (Å²) in [6.45, 7) is 1.33. The van der Waals surface area contributed by atoms with Gasteiger partial charge in [0.25, 0.3) is 5.91 Å². The summed E-state index contributed by atoms with van der Waals surface area (Å²) < 4.78 is 3.65. The Morgan fingerprint density at radius 1 is 1.10 bits per heavy atom. The SMILES string of the molecule is Cn1cc(C(=O)NC2CCN(C(=O)Cc3ccc(-n4cccc4)cc3)CC2)cn1. The van der Waals surface area contributed by atoms with Crippen LogP contribution in [0, 0.1) is 0 Å².